The first kappa shape index (κ1) is 21.3. The lowest BCUT2D eigenvalue weighted by molar-refractivity contribution is 0.277. The van der Waals surface area contributed by atoms with Gasteiger partial charge in [-0.2, -0.15) is 4.98 Å². The summed E-state index contributed by atoms with van der Waals surface area (Å²) in [5.41, 5.74) is -0.540. The Labute approximate surface area is 185 Å². The fourth-order valence-corrected chi connectivity index (χ4v) is 4.12. The molecule has 4 aromatic rings. The van der Waals surface area contributed by atoms with E-state index in [9.17, 15) is 9.59 Å². The summed E-state index contributed by atoms with van der Waals surface area (Å²) in [6.07, 6.45) is 2.04. The Morgan fingerprint density at radius 1 is 1.19 bits per heavy atom. The average Bonchev–Trinajstić information content (AvgIpc) is 3.32. The zero-order valence-corrected chi connectivity index (χ0v) is 18.5. The molecular weight excluding hydrogens is 442 g/mol. The molecular formula is C20H20ClN5O4S. The third-order valence-corrected chi connectivity index (χ3v) is 5.87. The molecule has 0 aliphatic carbocycles. The van der Waals surface area contributed by atoms with Crippen molar-refractivity contribution in [1.29, 1.82) is 0 Å². The number of rotatable bonds is 7. The van der Waals surface area contributed by atoms with Crippen LogP contribution in [0.3, 0.4) is 0 Å². The van der Waals surface area contributed by atoms with E-state index in [1.165, 1.54) is 15.9 Å². The summed E-state index contributed by atoms with van der Waals surface area (Å²) in [5.74, 6) is 0.488. The molecule has 0 saturated heterocycles. The summed E-state index contributed by atoms with van der Waals surface area (Å²) < 4.78 is 10.0. The summed E-state index contributed by atoms with van der Waals surface area (Å²) in [5, 5.41) is 10.5. The first-order valence-electron chi connectivity index (χ1n) is 9.54. The van der Waals surface area contributed by atoms with E-state index in [1.54, 1.807) is 42.1 Å². The number of imidazole rings is 1. The van der Waals surface area contributed by atoms with Crippen molar-refractivity contribution in [2.45, 2.75) is 26.4 Å². The lowest BCUT2D eigenvalue weighted by Gasteiger charge is -2.10. The van der Waals surface area contributed by atoms with Gasteiger partial charge in [0.05, 0.1) is 6.54 Å². The number of aromatic nitrogens is 5. The molecule has 1 aromatic carbocycles. The highest BCUT2D eigenvalue weighted by Gasteiger charge is 2.22. The lowest BCUT2D eigenvalue weighted by Crippen LogP contribution is -2.39. The summed E-state index contributed by atoms with van der Waals surface area (Å²) in [6.45, 7) is 2.18. The van der Waals surface area contributed by atoms with Crippen LogP contribution >= 0.6 is 22.9 Å². The van der Waals surface area contributed by atoms with Crippen LogP contribution < -0.4 is 16.0 Å². The monoisotopic (exact) mass is 461 g/mol. The van der Waals surface area contributed by atoms with E-state index in [-0.39, 0.29) is 43.3 Å². The molecule has 0 aliphatic heterocycles. The zero-order valence-electron chi connectivity index (χ0n) is 16.9. The van der Waals surface area contributed by atoms with Crippen LogP contribution in [0.1, 0.15) is 16.3 Å². The van der Waals surface area contributed by atoms with E-state index in [0.29, 0.717) is 10.8 Å². The number of aliphatic hydroxyl groups excluding tert-OH is 1. The minimum Gasteiger partial charge on any atom is -0.425 e. The highest BCUT2D eigenvalue weighted by atomic mass is 35.5. The number of nitrogens with zero attached hydrogens (tertiary/aromatic N) is 5. The van der Waals surface area contributed by atoms with Crippen LogP contribution in [0.25, 0.3) is 11.2 Å². The normalized spacial score (nSPS) is 11.4. The van der Waals surface area contributed by atoms with E-state index in [2.05, 4.69) is 9.97 Å². The molecule has 0 bridgehead atoms. The molecule has 4 rings (SSSR count). The Morgan fingerprint density at radius 3 is 2.58 bits per heavy atom. The average molecular weight is 462 g/mol. The zero-order chi connectivity index (χ0) is 22.1. The summed E-state index contributed by atoms with van der Waals surface area (Å²) in [6, 6.07) is 6.92. The molecule has 0 spiro atoms. The van der Waals surface area contributed by atoms with Gasteiger partial charge in [0.15, 0.2) is 11.2 Å². The Bertz CT molecular complexity index is 1350. The number of hydrogen-bond donors (Lipinski definition) is 1. The minimum atomic E-state index is -0.501. The van der Waals surface area contributed by atoms with Crippen LogP contribution in [-0.2, 0) is 20.1 Å². The SMILES string of the molecule is Cc1cnc(Cn2c(Oc3ccc(Cl)cc3)nc3c2c(=O)n(CCCO)c(=O)n3C)s1. The molecule has 9 nitrogen and oxygen atoms in total. The Balaban J connectivity index is 1.92. The molecule has 1 N–H and O–H groups in total. The largest absolute Gasteiger partial charge is 0.425 e. The van der Waals surface area contributed by atoms with E-state index in [4.69, 9.17) is 21.4 Å². The lowest BCUT2D eigenvalue weighted by atomic mass is 10.3. The van der Waals surface area contributed by atoms with Crippen LogP contribution in [-0.4, -0.2) is 35.4 Å². The molecule has 0 radical (unpaired) electrons. The van der Waals surface area contributed by atoms with Crippen LogP contribution in [0, 0.1) is 6.92 Å². The van der Waals surface area contributed by atoms with Gasteiger partial charge >= 0.3 is 11.7 Å². The maximum Gasteiger partial charge on any atom is 0.332 e. The van der Waals surface area contributed by atoms with Gasteiger partial charge in [-0.25, -0.2) is 9.78 Å². The topological polar surface area (TPSA) is 104 Å². The maximum atomic E-state index is 13.3. The van der Waals surface area contributed by atoms with Crippen molar-refractivity contribution in [3.8, 4) is 11.8 Å². The fraction of sp³-hybridized carbons (Fsp3) is 0.300. The van der Waals surface area contributed by atoms with Gasteiger partial charge in [-0.15, -0.1) is 11.3 Å². The predicted octanol–water partition coefficient (Wildman–Crippen LogP) is 2.54. The second kappa shape index (κ2) is 8.66. The Morgan fingerprint density at radius 2 is 1.94 bits per heavy atom. The second-order valence-electron chi connectivity index (χ2n) is 6.95. The number of thiazole rings is 1. The number of fused-ring (bicyclic) bond motifs is 1. The Kier molecular flexibility index (Phi) is 5.94. The van der Waals surface area contributed by atoms with E-state index < -0.39 is 11.2 Å². The molecule has 31 heavy (non-hydrogen) atoms. The van der Waals surface area contributed by atoms with E-state index >= 15 is 0 Å². The molecule has 0 amide bonds. The third kappa shape index (κ3) is 4.14. The van der Waals surface area contributed by atoms with Crippen LogP contribution in [0.5, 0.6) is 11.8 Å². The van der Waals surface area contributed by atoms with Gasteiger partial charge < -0.3 is 9.84 Å². The van der Waals surface area contributed by atoms with Gasteiger partial charge in [-0.1, -0.05) is 11.6 Å². The second-order valence-corrected chi connectivity index (χ2v) is 8.70. The van der Waals surface area contributed by atoms with Gasteiger partial charge in [0.25, 0.3) is 5.56 Å². The van der Waals surface area contributed by atoms with Crippen molar-refractivity contribution in [1.82, 2.24) is 23.7 Å². The van der Waals surface area contributed by atoms with Gasteiger partial charge in [0.2, 0.25) is 0 Å². The highest BCUT2D eigenvalue weighted by Crippen LogP contribution is 2.27. The number of ether oxygens (including phenoxy) is 1. The van der Waals surface area contributed by atoms with Gasteiger partial charge in [-0.3, -0.25) is 18.5 Å². The molecule has 0 fully saturated rings. The predicted molar refractivity (Wildman–Crippen MR) is 118 cm³/mol. The quantitative estimate of drug-likeness (QED) is 0.453. The first-order valence-corrected chi connectivity index (χ1v) is 10.7. The van der Waals surface area contributed by atoms with Crippen molar-refractivity contribution < 1.29 is 9.84 Å². The smallest absolute Gasteiger partial charge is 0.332 e. The van der Waals surface area contributed by atoms with Crippen molar-refractivity contribution in [3.05, 3.63) is 66.2 Å². The van der Waals surface area contributed by atoms with Crippen molar-refractivity contribution in [2.24, 2.45) is 7.05 Å². The summed E-state index contributed by atoms with van der Waals surface area (Å²) in [4.78, 5) is 35.8. The Hall–Kier alpha value is -2.95. The fourth-order valence-electron chi connectivity index (χ4n) is 3.22. The molecule has 3 aromatic heterocycles. The van der Waals surface area contributed by atoms with E-state index in [0.717, 1.165) is 14.5 Å². The van der Waals surface area contributed by atoms with Gasteiger partial charge in [0, 0.05) is 36.3 Å². The number of halogens is 1. The molecule has 162 valence electrons. The molecule has 0 saturated carbocycles. The molecule has 0 unspecified atom stereocenters. The van der Waals surface area contributed by atoms with E-state index in [1.807, 2.05) is 6.92 Å². The van der Waals surface area contributed by atoms with Crippen molar-refractivity contribution in [2.75, 3.05) is 6.61 Å². The minimum absolute atomic E-state index is 0.104. The number of benzene rings is 1. The van der Waals surface area contributed by atoms with Crippen LogP contribution in [0.2, 0.25) is 5.02 Å². The summed E-state index contributed by atoms with van der Waals surface area (Å²) >= 11 is 7.45. The van der Waals surface area contributed by atoms with Crippen LogP contribution in [0.4, 0.5) is 0 Å². The van der Waals surface area contributed by atoms with Crippen molar-refractivity contribution in [3.63, 3.8) is 0 Å². The molecule has 11 heteroatoms. The molecule has 3 heterocycles. The third-order valence-electron chi connectivity index (χ3n) is 4.72. The first-order chi connectivity index (χ1) is 14.9. The molecule has 0 aliphatic rings. The number of aryl methyl sites for hydroxylation is 2. The maximum absolute atomic E-state index is 13.3. The number of hydrogen-bond acceptors (Lipinski definition) is 7. The molecule has 0 atom stereocenters. The summed E-state index contributed by atoms with van der Waals surface area (Å²) in [7, 11) is 1.55. The van der Waals surface area contributed by atoms with Gasteiger partial charge in [-0.05, 0) is 37.6 Å². The highest BCUT2D eigenvalue weighted by molar-refractivity contribution is 7.11. The standard InChI is InChI=1S/C20H20ClN5O4S/c1-12-10-22-15(31-12)11-26-16-17(23-19(26)30-14-6-4-13(21)5-7-14)24(2)20(29)25(18(16)28)8-3-9-27/h4-7,10,27H,3,8-9,11H2,1-2H3. The van der Waals surface area contributed by atoms with Gasteiger partial charge in [0.1, 0.15) is 10.8 Å². The number of aliphatic hydroxyl groups is 1. The van der Waals surface area contributed by atoms with Crippen molar-refractivity contribution >= 4 is 34.1 Å². The van der Waals surface area contributed by atoms with Crippen LogP contribution in [0.15, 0.2) is 40.1 Å².